The average molecular weight is 219 g/mol. The van der Waals surface area contributed by atoms with Crippen molar-refractivity contribution in [3.63, 3.8) is 0 Å². The Morgan fingerprint density at radius 3 is 3.12 bits per heavy atom. The van der Waals surface area contributed by atoms with Crippen molar-refractivity contribution in [2.24, 2.45) is 5.41 Å². The van der Waals surface area contributed by atoms with Gasteiger partial charge >= 0.3 is 0 Å². The lowest BCUT2D eigenvalue weighted by molar-refractivity contribution is 0.378. The van der Waals surface area contributed by atoms with Crippen LogP contribution in [0.25, 0.3) is 0 Å². The minimum absolute atomic E-state index is 0.480. The van der Waals surface area contributed by atoms with E-state index in [1.165, 1.54) is 19.3 Å². The molecule has 1 saturated carbocycles. The molecule has 16 heavy (non-hydrogen) atoms. The Bertz CT molecular complexity index is 365. The van der Waals surface area contributed by atoms with Crippen molar-refractivity contribution in [2.45, 2.75) is 45.7 Å². The fourth-order valence-corrected chi connectivity index (χ4v) is 2.48. The molecule has 0 radical (unpaired) electrons. The number of anilines is 1. The molecule has 1 aliphatic carbocycles. The maximum atomic E-state index is 4.35. The van der Waals surface area contributed by atoms with Crippen molar-refractivity contribution in [2.75, 3.05) is 5.32 Å². The first kappa shape index (κ1) is 11.2. The number of imidazole rings is 1. The van der Waals surface area contributed by atoms with Crippen LogP contribution in [0.15, 0.2) is 25.0 Å². The summed E-state index contributed by atoms with van der Waals surface area (Å²) >= 11 is 0. The highest BCUT2D eigenvalue weighted by Gasteiger charge is 2.31. The van der Waals surface area contributed by atoms with E-state index in [1.807, 2.05) is 18.5 Å². The largest absolute Gasteiger partial charge is 0.353 e. The van der Waals surface area contributed by atoms with Crippen molar-refractivity contribution in [3.8, 4) is 0 Å². The predicted molar refractivity (Wildman–Crippen MR) is 67.5 cm³/mol. The van der Waals surface area contributed by atoms with Crippen LogP contribution < -0.4 is 5.32 Å². The second-order valence-corrected chi connectivity index (χ2v) is 5.44. The van der Waals surface area contributed by atoms with Gasteiger partial charge in [-0.1, -0.05) is 19.9 Å². The van der Waals surface area contributed by atoms with Gasteiger partial charge in [-0.05, 0) is 24.7 Å². The van der Waals surface area contributed by atoms with E-state index in [0.29, 0.717) is 11.5 Å². The fraction of sp³-hybridized carbons (Fsp3) is 0.615. The quantitative estimate of drug-likeness (QED) is 0.789. The summed E-state index contributed by atoms with van der Waals surface area (Å²) in [6.45, 7) is 9.25. The van der Waals surface area contributed by atoms with Crippen LogP contribution in [0.3, 0.4) is 0 Å². The normalized spacial score (nSPS) is 23.2. The summed E-state index contributed by atoms with van der Waals surface area (Å²) in [7, 11) is 0. The maximum Gasteiger partial charge on any atom is 0.203 e. The smallest absolute Gasteiger partial charge is 0.203 e. The van der Waals surface area contributed by atoms with Gasteiger partial charge in [0.1, 0.15) is 0 Å². The molecular weight excluding hydrogens is 198 g/mol. The molecule has 1 heterocycles. The van der Waals surface area contributed by atoms with E-state index in [0.717, 1.165) is 12.5 Å². The molecule has 2 rings (SSSR count). The van der Waals surface area contributed by atoms with Crippen molar-refractivity contribution in [3.05, 3.63) is 25.0 Å². The first-order valence-electron chi connectivity index (χ1n) is 5.99. The summed E-state index contributed by atoms with van der Waals surface area (Å²) in [5, 5.41) is 3.53. The van der Waals surface area contributed by atoms with Crippen LogP contribution in [-0.4, -0.2) is 15.6 Å². The molecule has 1 N–H and O–H groups in total. The van der Waals surface area contributed by atoms with E-state index in [-0.39, 0.29) is 0 Å². The molecule has 1 aromatic rings. The first-order valence-corrected chi connectivity index (χ1v) is 5.99. The summed E-state index contributed by atoms with van der Waals surface area (Å²) in [6.07, 6.45) is 9.50. The fourth-order valence-electron chi connectivity index (χ4n) is 2.48. The maximum absolute atomic E-state index is 4.35. The molecule has 1 unspecified atom stereocenters. The Balaban J connectivity index is 1.99. The van der Waals surface area contributed by atoms with Crippen LogP contribution in [0.4, 0.5) is 5.95 Å². The molecule has 0 amide bonds. The second kappa shape index (κ2) is 4.32. The molecule has 1 atom stereocenters. The number of hydrogen-bond acceptors (Lipinski definition) is 2. The third-order valence-electron chi connectivity index (χ3n) is 3.34. The Morgan fingerprint density at radius 1 is 1.69 bits per heavy atom. The van der Waals surface area contributed by atoms with Crippen LogP contribution in [0.2, 0.25) is 0 Å². The summed E-state index contributed by atoms with van der Waals surface area (Å²) in [5.41, 5.74) is 0.480. The van der Waals surface area contributed by atoms with Crippen LogP contribution in [0.5, 0.6) is 0 Å². The average Bonchev–Trinajstić information content (AvgIpc) is 2.76. The highest BCUT2D eigenvalue weighted by atomic mass is 15.2. The molecular formula is C13H21N3. The predicted octanol–water partition coefficient (Wildman–Crippen LogP) is 3.06. The summed E-state index contributed by atoms with van der Waals surface area (Å²) in [5.74, 6) is 0.975. The zero-order chi connectivity index (χ0) is 11.6. The summed E-state index contributed by atoms with van der Waals surface area (Å²) < 4.78 is 2.10. The molecule has 3 nitrogen and oxygen atoms in total. The first-order chi connectivity index (χ1) is 7.61. The van der Waals surface area contributed by atoms with Crippen molar-refractivity contribution in [1.82, 2.24) is 9.55 Å². The van der Waals surface area contributed by atoms with E-state index < -0.39 is 0 Å². The van der Waals surface area contributed by atoms with Gasteiger partial charge in [-0.3, -0.25) is 0 Å². The standard InChI is InChI=1S/C13H21N3/c1-4-8-16-9-7-14-12(16)15-11-5-6-13(2,3)10-11/h4,7,9,11H,1,5-6,8,10H2,2-3H3,(H,14,15). The zero-order valence-electron chi connectivity index (χ0n) is 10.2. The van der Waals surface area contributed by atoms with Gasteiger partial charge in [0.05, 0.1) is 0 Å². The highest BCUT2D eigenvalue weighted by Crippen LogP contribution is 2.38. The van der Waals surface area contributed by atoms with Gasteiger partial charge in [-0.15, -0.1) is 6.58 Å². The number of nitrogens with zero attached hydrogens (tertiary/aromatic N) is 2. The Hall–Kier alpha value is -1.25. The lowest BCUT2D eigenvalue weighted by Gasteiger charge is -2.18. The van der Waals surface area contributed by atoms with Gasteiger partial charge in [0, 0.05) is 25.0 Å². The van der Waals surface area contributed by atoms with Gasteiger partial charge in [0.2, 0.25) is 5.95 Å². The van der Waals surface area contributed by atoms with Crippen molar-refractivity contribution >= 4 is 5.95 Å². The molecule has 0 aliphatic heterocycles. The van der Waals surface area contributed by atoms with E-state index in [4.69, 9.17) is 0 Å². The molecule has 0 saturated heterocycles. The molecule has 3 heteroatoms. The minimum atomic E-state index is 0.480. The lowest BCUT2D eigenvalue weighted by atomic mass is 9.92. The minimum Gasteiger partial charge on any atom is -0.353 e. The van der Waals surface area contributed by atoms with E-state index in [9.17, 15) is 0 Å². The molecule has 1 aliphatic rings. The Labute approximate surface area is 97.6 Å². The van der Waals surface area contributed by atoms with Crippen LogP contribution >= 0.6 is 0 Å². The number of nitrogens with one attached hydrogen (secondary N) is 1. The van der Waals surface area contributed by atoms with Crippen LogP contribution in [-0.2, 0) is 6.54 Å². The van der Waals surface area contributed by atoms with Gasteiger partial charge in [-0.25, -0.2) is 4.98 Å². The molecule has 0 bridgehead atoms. The SMILES string of the molecule is C=CCn1ccnc1NC1CCC(C)(C)C1. The van der Waals surface area contributed by atoms with E-state index in [1.54, 1.807) is 0 Å². The van der Waals surface area contributed by atoms with Gasteiger partial charge in [0.25, 0.3) is 0 Å². The number of allylic oxidation sites excluding steroid dienone is 1. The van der Waals surface area contributed by atoms with Gasteiger partial charge in [-0.2, -0.15) is 0 Å². The van der Waals surface area contributed by atoms with E-state index >= 15 is 0 Å². The van der Waals surface area contributed by atoms with Crippen molar-refractivity contribution in [1.29, 1.82) is 0 Å². The highest BCUT2D eigenvalue weighted by molar-refractivity contribution is 5.28. The third kappa shape index (κ3) is 2.46. The van der Waals surface area contributed by atoms with Crippen molar-refractivity contribution < 1.29 is 0 Å². The number of rotatable bonds is 4. The molecule has 88 valence electrons. The topological polar surface area (TPSA) is 29.9 Å². The Kier molecular flexibility index (Phi) is 3.03. The Morgan fingerprint density at radius 2 is 2.50 bits per heavy atom. The second-order valence-electron chi connectivity index (χ2n) is 5.44. The zero-order valence-corrected chi connectivity index (χ0v) is 10.2. The molecule has 0 spiro atoms. The molecule has 1 fully saturated rings. The monoisotopic (exact) mass is 219 g/mol. The van der Waals surface area contributed by atoms with E-state index in [2.05, 4.69) is 35.3 Å². The van der Waals surface area contributed by atoms with Gasteiger partial charge in [0.15, 0.2) is 0 Å². The number of aromatic nitrogens is 2. The summed E-state index contributed by atoms with van der Waals surface area (Å²) in [6, 6.07) is 0.570. The van der Waals surface area contributed by atoms with Crippen LogP contribution in [0.1, 0.15) is 33.1 Å². The van der Waals surface area contributed by atoms with Crippen LogP contribution in [0, 0.1) is 5.41 Å². The number of hydrogen-bond donors (Lipinski definition) is 1. The molecule has 1 aromatic heterocycles. The van der Waals surface area contributed by atoms with Gasteiger partial charge < -0.3 is 9.88 Å². The lowest BCUT2D eigenvalue weighted by Crippen LogP contribution is -2.20. The summed E-state index contributed by atoms with van der Waals surface area (Å²) in [4.78, 5) is 4.35. The third-order valence-corrected chi connectivity index (χ3v) is 3.34. The molecule has 0 aromatic carbocycles.